The van der Waals surface area contributed by atoms with Crippen molar-refractivity contribution in [2.45, 2.75) is 25.3 Å². The Kier molecular flexibility index (Phi) is 4.66. The van der Waals surface area contributed by atoms with Gasteiger partial charge in [-0.15, -0.1) is 0 Å². The molecule has 112 valence electrons. The molecule has 2 rings (SSSR count). The lowest BCUT2D eigenvalue weighted by atomic mass is 10.1. The summed E-state index contributed by atoms with van der Waals surface area (Å²) in [4.78, 5) is 3.96. The van der Waals surface area contributed by atoms with E-state index in [2.05, 4.69) is 4.98 Å². The lowest BCUT2D eigenvalue weighted by Crippen LogP contribution is -2.27. The van der Waals surface area contributed by atoms with Gasteiger partial charge in [-0.25, -0.2) is 13.4 Å². The molecule has 21 heavy (non-hydrogen) atoms. The van der Waals surface area contributed by atoms with E-state index in [4.69, 9.17) is 11.6 Å². The van der Waals surface area contributed by atoms with E-state index in [1.807, 2.05) is 32.0 Å². The number of pyridine rings is 1. The second kappa shape index (κ2) is 6.13. The molecule has 0 unspecified atom stereocenters. The fourth-order valence-corrected chi connectivity index (χ4v) is 3.25. The number of halogens is 1. The summed E-state index contributed by atoms with van der Waals surface area (Å²) in [6, 6.07) is 8.91. The quantitative estimate of drug-likeness (QED) is 0.812. The Bertz CT molecular complexity index is 743. The Hall–Kier alpha value is -1.43. The van der Waals surface area contributed by atoms with Gasteiger partial charge in [-0.3, -0.25) is 0 Å². The third-order valence-corrected chi connectivity index (χ3v) is 5.31. The highest BCUT2D eigenvalue weighted by atomic mass is 35.5. The Morgan fingerprint density at radius 3 is 2.48 bits per heavy atom. The van der Waals surface area contributed by atoms with Crippen LogP contribution in [0.3, 0.4) is 0 Å². The predicted molar refractivity (Wildman–Crippen MR) is 83.8 cm³/mol. The highest BCUT2D eigenvalue weighted by Crippen LogP contribution is 2.19. The number of aryl methyl sites for hydroxylation is 2. The Balaban J connectivity index is 2.26. The van der Waals surface area contributed by atoms with Crippen LogP contribution in [0.5, 0.6) is 0 Å². The molecule has 0 aliphatic heterocycles. The number of sulfonamides is 1. The molecule has 1 aromatic carbocycles. The topological polar surface area (TPSA) is 50.3 Å². The fourth-order valence-electron chi connectivity index (χ4n) is 2.04. The minimum absolute atomic E-state index is 0.138. The predicted octanol–water partition coefficient (Wildman–Crippen LogP) is 3.17. The summed E-state index contributed by atoms with van der Waals surface area (Å²) >= 11 is 5.69. The van der Waals surface area contributed by atoms with Crippen molar-refractivity contribution in [1.82, 2.24) is 9.29 Å². The van der Waals surface area contributed by atoms with Gasteiger partial charge in [0.25, 0.3) is 0 Å². The summed E-state index contributed by atoms with van der Waals surface area (Å²) in [5.41, 5.74) is 3.21. The summed E-state index contributed by atoms with van der Waals surface area (Å²) < 4.78 is 26.3. The van der Waals surface area contributed by atoms with Crippen molar-refractivity contribution in [3.63, 3.8) is 0 Å². The summed E-state index contributed by atoms with van der Waals surface area (Å²) in [5, 5.41) is 0.269. The number of aromatic nitrogens is 1. The molecule has 0 saturated carbocycles. The fraction of sp³-hybridized carbons (Fsp3) is 0.267. The molecule has 0 N–H and O–H groups in total. The van der Waals surface area contributed by atoms with Gasteiger partial charge in [-0.2, -0.15) is 4.31 Å². The number of hydrogen-bond acceptors (Lipinski definition) is 3. The van der Waals surface area contributed by atoms with E-state index in [1.54, 1.807) is 7.05 Å². The van der Waals surface area contributed by atoms with Crippen molar-refractivity contribution in [3.8, 4) is 0 Å². The van der Waals surface area contributed by atoms with Gasteiger partial charge in [0.2, 0.25) is 10.0 Å². The number of nitrogens with zero attached hydrogens (tertiary/aromatic N) is 2. The maximum atomic E-state index is 12.5. The average Bonchev–Trinajstić information content (AvgIpc) is 2.42. The van der Waals surface area contributed by atoms with Gasteiger partial charge in [-0.1, -0.05) is 35.4 Å². The van der Waals surface area contributed by atoms with Crippen LogP contribution >= 0.6 is 11.6 Å². The minimum atomic E-state index is -3.57. The van der Waals surface area contributed by atoms with Gasteiger partial charge in [0.15, 0.2) is 0 Å². The molecule has 4 nitrogen and oxygen atoms in total. The van der Waals surface area contributed by atoms with Gasteiger partial charge in [-0.05, 0) is 37.1 Å². The van der Waals surface area contributed by atoms with E-state index in [0.29, 0.717) is 6.54 Å². The molecule has 0 spiro atoms. The standard InChI is InChI=1S/C15H17ClN2O2S/c1-11-4-5-13(12(2)8-11)10-18(3)21(19,20)14-6-7-15(16)17-9-14/h4-9H,10H2,1-3H3. The first kappa shape index (κ1) is 15.9. The van der Waals surface area contributed by atoms with E-state index in [1.165, 1.54) is 22.6 Å². The SMILES string of the molecule is Cc1ccc(CN(C)S(=O)(=O)c2ccc(Cl)nc2)c(C)c1. The van der Waals surface area contributed by atoms with E-state index < -0.39 is 10.0 Å². The molecule has 0 radical (unpaired) electrons. The number of benzene rings is 1. The molecule has 0 fully saturated rings. The van der Waals surface area contributed by atoms with Crippen LogP contribution in [0.2, 0.25) is 5.15 Å². The summed E-state index contributed by atoms with van der Waals surface area (Å²) in [7, 11) is -2.01. The number of rotatable bonds is 4. The highest BCUT2D eigenvalue weighted by Gasteiger charge is 2.21. The minimum Gasteiger partial charge on any atom is -0.243 e. The molecule has 0 aliphatic carbocycles. The molecule has 2 aromatic rings. The van der Waals surface area contributed by atoms with Crippen molar-refractivity contribution in [2.24, 2.45) is 0 Å². The van der Waals surface area contributed by atoms with E-state index >= 15 is 0 Å². The second-order valence-electron chi connectivity index (χ2n) is 5.01. The van der Waals surface area contributed by atoms with Crippen molar-refractivity contribution in [3.05, 3.63) is 58.4 Å². The molecule has 0 bridgehead atoms. The lowest BCUT2D eigenvalue weighted by molar-refractivity contribution is 0.465. The molecule has 6 heteroatoms. The maximum Gasteiger partial charge on any atom is 0.244 e. The van der Waals surface area contributed by atoms with E-state index in [-0.39, 0.29) is 10.0 Å². The molecular formula is C15H17ClN2O2S. The molecule has 1 aromatic heterocycles. The highest BCUT2D eigenvalue weighted by molar-refractivity contribution is 7.89. The van der Waals surface area contributed by atoms with Crippen LogP contribution < -0.4 is 0 Å². The van der Waals surface area contributed by atoms with E-state index in [0.717, 1.165) is 16.7 Å². The smallest absolute Gasteiger partial charge is 0.243 e. The van der Waals surface area contributed by atoms with Crippen LogP contribution in [0.15, 0.2) is 41.4 Å². The molecule has 0 aliphatic rings. The lowest BCUT2D eigenvalue weighted by Gasteiger charge is -2.18. The summed E-state index contributed by atoms with van der Waals surface area (Å²) in [5.74, 6) is 0. The van der Waals surface area contributed by atoms with Crippen molar-refractivity contribution >= 4 is 21.6 Å². The molecule has 0 amide bonds. The second-order valence-corrected chi connectivity index (χ2v) is 7.44. The van der Waals surface area contributed by atoms with Crippen LogP contribution in [0, 0.1) is 13.8 Å². The monoisotopic (exact) mass is 324 g/mol. The van der Waals surface area contributed by atoms with Crippen molar-refractivity contribution < 1.29 is 8.42 Å². The third kappa shape index (κ3) is 3.61. The molecule has 0 saturated heterocycles. The zero-order chi connectivity index (χ0) is 15.6. The van der Waals surface area contributed by atoms with Crippen LogP contribution in [0.1, 0.15) is 16.7 Å². The first-order valence-corrected chi connectivity index (χ1v) is 8.26. The molecule has 0 atom stereocenters. The Morgan fingerprint density at radius 1 is 1.19 bits per heavy atom. The van der Waals surface area contributed by atoms with Crippen LogP contribution in [-0.4, -0.2) is 24.8 Å². The van der Waals surface area contributed by atoms with Gasteiger partial charge in [0.05, 0.1) is 0 Å². The largest absolute Gasteiger partial charge is 0.244 e. The first-order valence-electron chi connectivity index (χ1n) is 6.45. The number of hydrogen-bond donors (Lipinski definition) is 0. The normalized spacial score (nSPS) is 11.9. The Labute approximate surface area is 130 Å². The van der Waals surface area contributed by atoms with Gasteiger partial charge in [0.1, 0.15) is 10.0 Å². The summed E-state index contributed by atoms with van der Waals surface area (Å²) in [6.07, 6.45) is 1.27. The van der Waals surface area contributed by atoms with Gasteiger partial charge >= 0.3 is 0 Å². The average molecular weight is 325 g/mol. The molecule has 1 heterocycles. The van der Waals surface area contributed by atoms with Crippen LogP contribution in [0.4, 0.5) is 0 Å². The van der Waals surface area contributed by atoms with E-state index in [9.17, 15) is 8.42 Å². The zero-order valence-corrected chi connectivity index (χ0v) is 13.7. The van der Waals surface area contributed by atoms with Crippen LogP contribution in [0.25, 0.3) is 0 Å². The van der Waals surface area contributed by atoms with Crippen molar-refractivity contribution in [1.29, 1.82) is 0 Å². The van der Waals surface area contributed by atoms with Gasteiger partial charge in [0, 0.05) is 19.8 Å². The summed E-state index contributed by atoms with van der Waals surface area (Å²) in [6.45, 7) is 4.31. The maximum absolute atomic E-state index is 12.5. The Morgan fingerprint density at radius 2 is 1.90 bits per heavy atom. The first-order chi connectivity index (χ1) is 9.80. The van der Waals surface area contributed by atoms with Crippen LogP contribution in [-0.2, 0) is 16.6 Å². The van der Waals surface area contributed by atoms with Gasteiger partial charge < -0.3 is 0 Å². The molecular weight excluding hydrogens is 308 g/mol. The van der Waals surface area contributed by atoms with Crippen molar-refractivity contribution in [2.75, 3.05) is 7.05 Å². The zero-order valence-electron chi connectivity index (χ0n) is 12.2. The third-order valence-electron chi connectivity index (χ3n) is 3.30.